The summed E-state index contributed by atoms with van der Waals surface area (Å²) in [4.78, 5) is 25.2. The summed E-state index contributed by atoms with van der Waals surface area (Å²) in [7, 11) is 1.50. The van der Waals surface area contributed by atoms with E-state index in [0.29, 0.717) is 22.1 Å². The number of halogens is 2. The molecule has 0 aromatic heterocycles. The molecule has 2 N–H and O–H groups in total. The minimum absolute atomic E-state index is 0.114. The summed E-state index contributed by atoms with van der Waals surface area (Å²) in [6.07, 6.45) is 6.64. The number of ether oxygens (including phenoxy) is 2. The highest BCUT2D eigenvalue weighted by Gasteiger charge is 2.25. The van der Waals surface area contributed by atoms with Crippen LogP contribution >= 0.6 is 23.2 Å². The van der Waals surface area contributed by atoms with Crippen molar-refractivity contribution >= 4 is 41.2 Å². The van der Waals surface area contributed by atoms with Crippen molar-refractivity contribution in [3.05, 3.63) is 57.6 Å². The number of carbonyl (C=O) groups excluding carboxylic acids is 2. The third-order valence-corrected chi connectivity index (χ3v) is 4.85. The van der Waals surface area contributed by atoms with E-state index < -0.39 is 17.9 Å². The third kappa shape index (κ3) is 6.91. The zero-order valence-electron chi connectivity index (χ0n) is 17.8. The highest BCUT2D eigenvalue weighted by atomic mass is 35.5. The van der Waals surface area contributed by atoms with Gasteiger partial charge in [0, 0.05) is 5.02 Å². The molecule has 1 unspecified atom stereocenters. The van der Waals surface area contributed by atoms with E-state index >= 15 is 0 Å². The van der Waals surface area contributed by atoms with Crippen LogP contribution in [0.25, 0.3) is 0 Å². The van der Waals surface area contributed by atoms with Crippen LogP contribution < -0.4 is 20.2 Å². The van der Waals surface area contributed by atoms with E-state index in [2.05, 4.69) is 21.8 Å². The molecule has 0 bridgehead atoms. The maximum atomic E-state index is 12.6. The molecule has 7 nitrogen and oxygen atoms in total. The molecule has 0 spiro atoms. The molecule has 2 aromatic rings. The molecule has 2 aromatic carbocycles. The molecule has 0 aliphatic rings. The molecule has 0 fully saturated rings. The maximum absolute atomic E-state index is 12.6. The highest BCUT2D eigenvalue weighted by molar-refractivity contribution is 6.36. The Morgan fingerprint density at radius 2 is 1.94 bits per heavy atom. The number of methoxy groups -OCH3 is 1. The van der Waals surface area contributed by atoms with Gasteiger partial charge in [-0.3, -0.25) is 9.59 Å². The number of hydrogen-bond donors (Lipinski definition) is 2. The van der Waals surface area contributed by atoms with E-state index in [0.717, 1.165) is 0 Å². The Bertz CT molecular complexity index is 1050. The summed E-state index contributed by atoms with van der Waals surface area (Å²) in [5, 5.41) is 7.26. The number of terminal acetylenes is 1. The molecule has 9 heteroatoms. The number of nitrogens with one attached hydrogen (secondary N) is 2. The monoisotopic (exact) mass is 475 g/mol. The minimum atomic E-state index is -0.833. The molecule has 0 aliphatic heterocycles. The quantitative estimate of drug-likeness (QED) is 0.326. The van der Waals surface area contributed by atoms with E-state index in [-0.39, 0.29) is 23.1 Å². The predicted molar refractivity (Wildman–Crippen MR) is 126 cm³/mol. The van der Waals surface area contributed by atoms with Crippen LogP contribution in [0.3, 0.4) is 0 Å². The lowest BCUT2D eigenvalue weighted by atomic mass is 10.0. The average molecular weight is 476 g/mol. The molecule has 32 heavy (non-hydrogen) atoms. The molecule has 1 atom stereocenters. The first-order valence-electron chi connectivity index (χ1n) is 9.60. The van der Waals surface area contributed by atoms with Crippen molar-refractivity contribution in [3.63, 3.8) is 0 Å². The fourth-order valence-electron chi connectivity index (χ4n) is 2.67. The van der Waals surface area contributed by atoms with E-state index in [1.165, 1.54) is 25.5 Å². The van der Waals surface area contributed by atoms with Crippen molar-refractivity contribution in [2.45, 2.75) is 19.9 Å². The minimum Gasteiger partial charge on any atom is -0.493 e. The van der Waals surface area contributed by atoms with Crippen LogP contribution in [-0.2, 0) is 4.79 Å². The van der Waals surface area contributed by atoms with Gasteiger partial charge in [0.05, 0.1) is 23.9 Å². The highest BCUT2D eigenvalue weighted by Crippen LogP contribution is 2.27. The Morgan fingerprint density at radius 1 is 1.19 bits per heavy atom. The van der Waals surface area contributed by atoms with Crippen molar-refractivity contribution in [1.82, 2.24) is 10.7 Å². The second kappa shape index (κ2) is 12.0. The number of rotatable bonds is 9. The standard InChI is InChI=1S/C23H23Cl2N3O4/c1-5-10-32-19-9-6-15(11-20(19)31-4)13-26-28-23(30)21(14(2)3)27-22(29)17-8-7-16(24)12-18(17)25/h1,6-9,11-14,21H,10H2,2-4H3,(H,27,29)(H,28,30). The summed E-state index contributed by atoms with van der Waals surface area (Å²) >= 11 is 12.0. The van der Waals surface area contributed by atoms with Crippen molar-refractivity contribution in [1.29, 1.82) is 0 Å². The summed E-state index contributed by atoms with van der Waals surface area (Å²) in [5.41, 5.74) is 3.32. The molecule has 0 aliphatic carbocycles. The van der Waals surface area contributed by atoms with Crippen LogP contribution in [0.15, 0.2) is 41.5 Å². The first-order chi connectivity index (χ1) is 15.3. The Labute approximate surface area is 197 Å². The van der Waals surface area contributed by atoms with Crippen LogP contribution in [0, 0.1) is 18.3 Å². The molecule has 0 heterocycles. The van der Waals surface area contributed by atoms with Gasteiger partial charge in [-0.2, -0.15) is 5.10 Å². The SMILES string of the molecule is C#CCOc1ccc(C=NNC(=O)C(NC(=O)c2ccc(Cl)cc2Cl)C(C)C)cc1OC. The van der Waals surface area contributed by atoms with Crippen molar-refractivity contribution in [2.75, 3.05) is 13.7 Å². The van der Waals surface area contributed by atoms with E-state index in [4.69, 9.17) is 39.1 Å². The summed E-state index contributed by atoms with van der Waals surface area (Å²) in [6, 6.07) is 8.78. The van der Waals surface area contributed by atoms with E-state index in [9.17, 15) is 9.59 Å². The van der Waals surface area contributed by atoms with Gasteiger partial charge in [0.15, 0.2) is 11.5 Å². The molecule has 2 rings (SSSR count). The number of hydrazone groups is 1. The van der Waals surface area contributed by atoms with Crippen LogP contribution in [0.4, 0.5) is 0 Å². The van der Waals surface area contributed by atoms with Gasteiger partial charge in [0.2, 0.25) is 0 Å². The lowest BCUT2D eigenvalue weighted by Crippen LogP contribution is -2.48. The molecule has 168 valence electrons. The topological polar surface area (TPSA) is 89.0 Å². The van der Waals surface area contributed by atoms with E-state index in [1.54, 1.807) is 38.1 Å². The summed E-state index contributed by atoms with van der Waals surface area (Å²) < 4.78 is 10.7. The summed E-state index contributed by atoms with van der Waals surface area (Å²) in [6.45, 7) is 3.72. The van der Waals surface area contributed by atoms with Crippen LogP contribution in [0.5, 0.6) is 11.5 Å². The number of carbonyl (C=O) groups is 2. The lowest BCUT2D eigenvalue weighted by Gasteiger charge is -2.20. The van der Waals surface area contributed by atoms with Crippen molar-refractivity contribution in [2.24, 2.45) is 11.0 Å². The van der Waals surface area contributed by atoms with Gasteiger partial charge in [-0.15, -0.1) is 6.42 Å². The lowest BCUT2D eigenvalue weighted by molar-refractivity contribution is -0.123. The zero-order valence-corrected chi connectivity index (χ0v) is 19.3. The molecule has 0 saturated heterocycles. The normalized spacial score (nSPS) is 11.7. The Hall–Kier alpha value is -3.21. The van der Waals surface area contributed by atoms with Gasteiger partial charge in [0.1, 0.15) is 12.6 Å². The second-order valence-electron chi connectivity index (χ2n) is 6.96. The number of amides is 2. The van der Waals surface area contributed by atoms with Crippen LogP contribution in [-0.4, -0.2) is 37.8 Å². The number of benzene rings is 2. The largest absolute Gasteiger partial charge is 0.493 e. The first kappa shape index (κ1) is 25.1. The van der Waals surface area contributed by atoms with E-state index in [1.807, 2.05) is 0 Å². The Balaban J connectivity index is 2.06. The van der Waals surface area contributed by atoms with Crippen LogP contribution in [0.1, 0.15) is 29.8 Å². The fraction of sp³-hybridized carbons (Fsp3) is 0.261. The molecule has 0 radical (unpaired) electrons. The molecule has 2 amide bonds. The van der Waals surface area contributed by atoms with Gasteiger partial charge >= 0.3 is 0 Å². The van der Waals surface area contributed by atoms with Gasteiger partial charge in [-0.05, 0) is 47.9 Å². The van der Waals surface area contributed by atoms with Gasteiger partial charge < -0.3 is 14.8 Å². The maximum Gasteiger partial charge on any atom is 0.262 e. The van der Waals surface area contributed by atoms with Gasteiger partial charge in [-0.25, -0.2) is 5.43 Å². The smallest absolute Gasteiger partial charge is 0.262 e. The van der Waals surface area contributed by atoms with Crippen molar-refractivity contribution < 1.29 is 19.1 Å². The molecular weight excluding hydrogens is 453 g/mol. The number of hydrogen-bond acceptors (Lipinski definition) is 5. The Kier molecular flexibility index (Phi) is 9.39. The van der Waals surface area contributed by atoms with Gasteiger partial charge in [-0.1, -0.05) is 43.0 Å². The Morgan fingerprint density at radius 3 is 2.56 bits per heavy atom. The fourth-order valence-corrected chi connectivity index (χ4v) is 3.17. The molecular formula is C23H23Cl2N3O4. The van der Waals surface area contributed by atoms with Crippen LogP contribution in [0.2, 0.25) is 10.0 Å². The average Bonchev–Trinajstić information content (AvgIpc) is 2.75. The van der Waals surface area contributed by atoms with Crippen molar-refractivity contribution in [3.8, 4) is 23.8 Å². The first-order valence-corrected chi connectivity index (χ1v) is 10.4. The zero-order chi connectivity index (χ0) is 23.7. The number of nitrogens with zero attached hydrogens (tertiary/aromatic N) is 1. The second-order valence-corrected chi connectivity index (χ2v) is 7.80. The predicted octanol–water partition coefficient (Wildman–Crippen LogP) is 3.92. The van der Waals surface area contributed by atoms with Gasteiger partial charge in [0.25, 0.3) is 11.8 Å². The summed E-state index contributed by atoms with van der Waals surface area (Å²) in [5.74, 6) is 2.19. The third-order valence-electron chi connectivity index (χ3n) is 4.30. The molecule has 0 saturated carbocycles.